The molecule has 3 heterocycles. The fraction of sp³-hybridized carbons (Fsp3) is 0.222. The average Bonchev–Trinajstić information content (AvgIpc) is 3.54. The number of aromatic hydroxyl groups is 1. The third-order valence-electron chi connectivity index (χ3n) is 11.6. The Kier molecular flexibility index (Phi) is 9.96. The van der Waals surface area contributed by atoms with Gasteiger partial charge in [0, 0.05) is 49.6 Å². The number of hydrogen-bond donors (Lipinski definition) is 1. The number of hydrogen-bond acceptors (Lipinski definition) is 3. The molecule has 6 aromatic carbocycles. The van der Waals surface area contributed by atoms with Gasteiger partial charge in [0.05, 0.1) is 22.3 Å². The van der Waals surface area contributed by atoms with E-state index in [0.29, 0.717) is 5.82 Å². The number of pyridine rings is 1. The molecular formula is C54H50N3OPt-. The van der Waals surface area contributed by atoms with Crippen molar-refractivity contribution in [3.63, 3.8) is 0 Å². The largest absolute Gasteiger partial charge is 0.507 e. The Balaban J connectivity index is 0.00000484. The van der Waals surface area contributed by atoms with Crippen LogP contribution >= 0.6 is 0 Å². The van der Waals surface area contributed by atoms with Crippen LogP contribution in [0.25, 0.3) is 83.9 Å². The van der Waals surface area contributed by atoms with E-state index in [1.165, 1.54) is 5.56 Å². The van der Waals surface area contributed by atoms with Crippen LogP contribution in [0.4, 0.5) is 0 Å². The summed E-state index contributed by atoms with van der Waals surface area (Å²) < 4.78 is 2.30. The van der Waals surface area contributed by atoms with Crippen molar-refractivity contribution in [3.8, 4) is 78.6 Å². The normalized spacial score (nSPS) is 12.4. The van der Waals surface area contributed by atoms with Crippen LogP contribution in [0.3, 0.4) is 0 Å². The Hall–Kier alpha value is -5.57. The topological polar surface area (TPSA) is 50.9 Å². The molecule has 4 nitrogen and oxygen atoms in total. The molecule has 1 N–H and O–H groups in total. The van der Waals surface area contributed by atoms with Gasteiger partial charge in [-0.2, -0.15) is 0 Å². The van der Waals surface area contributed by atoms with Crippen molar-refractivity contribution < 1.29 is 26.2 Å². The first-order valence-electron chi connectivity index (χ1n) is 20.3. The van der Waals surface area contributed by atoms with Crippen molar-refractivity contribution in [3.05, 3.63) is 156 Å². The average molecular weight is 952 g/mol. The van der Waals surface area contributed by atoms with Gasteiger partial charge >= 0.3 is 0 Å². The van der Waals surface area contributed by atoms with Gasteiger partial charge < -0.3 is 5.11 Å². The van der Waals surface area contributed by atoms with E-state index in [9.17, 15) is 5.11 Å². The minimum atomic E-state index is -0.306. The number of imidazole rings is 1. The van der Waals surface area contributed by atoms with Crippen molar-refractivity contribution in [2.45, 2.75) is 78.6 Å². The molecule has 0 saturated heterocycles. The van der Waals surface area contributed by atoms with Crippen molar-refractivity contribution in [2.24, 2.45) is 0 Å². The summed E-state index contributed by atoms with van der Waals surface area (Å²) in [5.74, 6) is 0.977. The zero-order valence-corrected chi connectivity index (χ0v) is 37.6. The van der Waals surface area contributed by atoms with Crippen molar-refractivity contribution in [1.82, 2.24) is 14.5 Å². The first-order chi connectivity index (χ1) is 27.6. The van der Waals surface area contributed by atoms with Gasteiger partial charge in [-0.15, -0.1) is 29.3 Å². The van der Waals surface area contributed by atoms with E-state index < -0.39 is 0 Å². The van der Waals surface area contributed by atoms with Crippen LogP contribution in [0, 0.1) is 6.07 Å². The van der Waals surface area contributed by atoms with E-state index in [0.717, 1.165) is 89.2 Å². The van der Waals surface area contributed by atoms with Crippen molar-refractivity contribution >= 4 is 11.0 Å². The zero-order chi connectivity index (χ0) is 40.7. The standard InChI is InChI=1S/C54H50N3O.Pt/c1-52(2,3)37-28-35(27-36(29-37)46-30-34(25-26-55-46)33-17-11-10-12-18-33)39-23-24-43-41-20-14-13-19-40(41)42-21-15-16-22-47(42)57-49(43)48(39)56-51(57)44-31-38(53(4,5)6)32-45(50(44)58)54(7,8)9;/h10-26,28-32,58H,1-9H3;/q-1;. The summed E-state index contributed by atoms with van der Waals surface area (Å²) in [6.07, 6.45) is 1.89. The van der Waals surface area contributed by atoms with Crippen LogP contribution in [-0.2, 0) is 37.3 Å². The maximum Gasteiger partial charge on any atom is 0.148 e. The van der Waals surface area contributed by atoms with Gasteiger partial charge in [-0.1, -0.05) is 171 Å². The van der Waals surface area contributed by atoms with E-state index in [-0.39, 0.29) is 43.1 Å². The van der Waals surface area contributed by atoms with Gasteiger partial charge in [-0.25, -0.2) is 4.98 Å². The molecule has 8 aromatic rings. The van der Waals surface area contributed by atoms with E-state index >= 15 is 0 Å². The van der Waals surface area contributed by atoms with E-state index in [2.05, 4.69) is 194 Å². The van der Waals surface area contributed by atoms with Crippen LogP contribution in [0.15, 0.2) is 134 Å². The van der Waals surface area contributed by atoms with E-state index in [4.69, 9.17) is 9.97 Å². The molecule has 0 amide bonds. The van der Waals surface area contributed by atoms with Gasteiger partial charge in [0.1, 0.15) is 11.6 Å². The van der Waals surface area contributed by atoms with Gasteiger partial charge in [-0.3, -0.25) is 9.55 Å². The quantitative estimate of drug-likeness (QED) is 0.179. The Morgan fingerprint density at radius 1 is 0.525 bits per heavy atom. The first-order valence-corrected chi connectivity index (χ1v) is 20.3. The Morgan fingerprint density at radius 2 is 1.12 bits per heavy atom. The molecule has 0 spiro atoms. The maximum atomic E-state index is 12.4. The van der Waals surface area contributed by atoms with Crippen LogP contribution in [0.2, 0.25) is 0 Å². The van der Waals surface area contributed by atoms with Crippen LogP contribution < -0.4 is 0 Å². The molecule has 9 rings (SSSR count). The van der Waals surface area contributed by atoms with Gasteiger partial charge in [0.2, 0.25) is 0 Å². The van der Waals surface area contributed by atoms with Crippen molar-refractivity contribution in [2.75, 3.05) is 0 Å². The van der Waals surface area contributed by atoms with E-state index in [1.807, 2.05) is 12.3 Å². The SMILES string of the molecule is CC(C)(C)c1cc(-c2cc(-c3ccccc3)ccn2)[c-]c(-c2ccc3c4c2nc(-c2cc(C(C)(C)C)cc(C(C)(C)C)c2O)n4-c2ccccc2-c2ccccc2-3)c1.[Pt]. The monoisotopic (exact) mass is 951 g/mol. The molecule has 59 heavy (non-hydrogen) atoms. The van der Waals surface area contributed by atoms with Gasteiger partial charge in [-0.05, 0) is 62.3 Å². The summed E-state index contributed by atoms with van der Waals surface area (Å²) in [6.45, 7) is 19.9. The Bertz CT molecular complexity index is 2900. The third kappa shape index (κ3) is 7.06. The first kappa shape index (κ1) is 40.2. The predicted octanol–water partition coefficient (Wildman–Crippen LogP) is 14.1. The number of benzene rings is 6. The molecule has 0 unspecified atom stereocenters. The van der Waals surface area contributed by atoms with Crippen molar-refractivity contribution in [1.29, 1.82) is 0 Å². The van der Waals surface area contributed by atoms with Crippen LogP contribution in [-0.4, -0.2) is 19.6 Å². The Morgan fingerprint density at radius 3 is 1.80 bits per heavy atom. The molecule has 0 saturated carbocycles. The maximum absolute atomic E-state index is 12.4. The molecule has 0 aliphatic carbocycles. The van der Waals surface area contributed by atoms with Crippen LogP contribution in [0.1, 0.15) is 79.0 Å². The molecule has 298 valence electrons. The minimum absolute atomic E-state index is 0. The summed E-state index contributed by atoms with van der Waals surface area (Å²) >= 11 is 0. The number of rotatable bonds is 4. The predicted molar refractivity (Wildman–Crippen MR) is 242 cm³/mol. The summed E-state index contributed by atoms with van der Waals surface area (Å²) in [4.78, 5) is 10.6. The molecule has 2 aromatic heterocycles. The molecule has 0 fully saturated rings. The second kappa shape index (κ2) is 14.6. The summed E-state index contributed by atoms with van der Waals surface area (Å²) in [6, 6.07) is 49.1. The van der Waals surface area contributed by atoms with Gasteiger partial charge in [0.25, 0.3) is 0 Å². The number of aromatic nitrogens is 3. The minimum Gasteiger partial charge on any atom is -0.507 e. The second-order valence-electron chi connectivity index (χ2n) is 18.9. The molecule has 0 bridgehead atoms. The number of fused-ring (bicyclic) bond motifs is 5. The smallest absolute Gasteiger partial charge is 0.148 e. The van der Waals surface area contributed by atoms with Gasteiger partial charge in [0.15, 0.2) is 0 Å². The fourth-order valence-electron chi connectivity index (χ4n) is 8.36. The Labute approximate surface area is 363 Å². The number of phenols is 1. The number of phenolic OH excluding ortho intramolecular Hbond substituents is 1. The fourth-order valence-corrected chi connectivity index (χ4v) is 8.36. The third-order valence-corrected chi connectivity index (χ3v) is 11.6. The number of para-hydroxylation sites is 1. The molecule has 1 aliphatic rings. The molecular weight excluding hydrogens is 902 g/mol. The molecule has 5 heteroatoms. The summed E-state index contributed by atoms with van der Waals surface area (Å²) in [5.41, 5.74) is 16.7. The molecule has 1 aliphatic heterocycles. The summed E-state index contributed by atoms with van der Waals surface area (Å²) in [5, 5.41) is 12.4. The second-order valence-corrected chi connectivity index (χ2v) is 18.9. The summed E-state index contributed by atoms with van der Waals surface area (Å²) in [7, 11) is 0. The zero-order valence-electron chi connectivity index (χ0n) is 35.3. The number of nitrogens with zero attached hydrogens (tertiary/aromatic N) is 3. The van der Waals surface area contributed by atoms with Crippen LogP contribution in [0.5, 0.6) is 5.75 Å². The molecule has 0 atom stereocenters. The molecule has 0 radical (unpaired) electrons. The van der Waals surface area contributed by atoms with E-state index in [1.54, 1.807) is 0 Å².